The molecule has 110 valence electrons. The number of fused-ring (bicyclic) bond motifs is 1. The number of halogens is 1. The van der Waals surface area contributed by atoms with Crippen molar-refractivity contribution >= 4 is 28.8 Å². The Morgan fingerprint density at radius 3 is 3.05 bits per heavy atom. The summed E-state index contributed by atoms with van der Waals surface area (Å²) in [5.74, 6) is 0.554. The first-order valence-corrected chi connectivity index (χ1v) is 8.68. The maximum absolute atomic E-state index is 12.9. The standard InChI is InChI=1S/C17H18ClNOS/c1-2-15-14-7-9-21-16(14)6-8-19(15)17(20)13-5-3-4-12(10-13)11-18/h3-5,7,9-10,15H,2,6,8,11H2,1H3. The van der Waals surface area contributed by atoms with Crippen LogP contribution in [-0.2, 0) is 12.3 Å². The lowest BCUT2D eigenvalue weighted by Crippen LogP contribution is -2.39. The van der Waals surface area contributed by atoms with Crippen molar-refractivity contribution < 1.29 is 4.79 Å². The van der Waals surface area contributed by atoms with Crippen molar-refractivity contribution in [3.63, 3.8) is 0 Å². The van der Waals surface area contributed by atoms with Gasteiger partial charge in [-0.1, -0.05) is 19.1 Å². The number of hydrogen-bond acceptors (Lipinski definition) is 2. The molecule has 1 amide bonds. The van der Waals surface area contributed by atoms with Crippen molar-refractivity contribution in [1.82, 2.24) is 4.90 Å². The lowest BCUT2D eigenvalue weighted by atomic mass is 9.96. The number of nitrogens with zero attached hydrogens (tertiary/aromatic N) is 1. The summed E-state index contributed by atoms with van der Waals surface area (Å²) in [7, 11) is 0. The molecule has 0 N–H and O–H groups in total. The van der Waals surface area contributed by atoms with E-state index in [9.17, 15) is 4.79 Å². The van der Waals surface area contributed by atoms with Gasteiger partial charge in [0, 0.05) is 22.9 Å². The predicted molar refractivity (Wildman–Crippen MR) is 88.1 cm³/mol. The van der Waals surface area contributed by atoms with Crippen LogP contribution in [0.15, 0.2) is 35.7 Å². The maximum Gasteiger partial charge on any atom is 0.254 e. The Morgan fingerprint density at radius 2 is 2.29 bits per heavy atom. The van der Waals surface area contributed by atoms with Gasteiger partial charge < -0.3 is 4.90 Å². The first kappa shape index (κ1) is 14.6. The monoisotopic (exact) mass is 319 g/mol. The third kappa shape index (κ3) is 2.72. The molecule has 1 aliphatic heterocycles. The SMILES string of the molecule is CCC1c2ccsc2CCN1C(=O)c1cccc(CCl)c1. The number of rotatable bonds is 3. The number of amides is 1. The second-order valence-corrected chi connectivity index (χ2v) is 6.57. The fourth-order valence-electron chi connectivity index (χ4n) is 3.03. The van der Waals surface area contributed by atoms with Crippen molar-refractivity contribution in [2.75, 3.05) is 6.54 Å². The molecule has 1 unspecified atom stereocenters. The summed E-state index contributed by atoms with van der Waals surface area (Å²) in [6.45, 7) is 2.95. The summed E-state index contributed by atoms with van der Waals surface area (Å²) in [5, 5.41) is 2.13. The topological polar surface area (TPSA) is 20.3 Å². The van der Waals surface area contributed by atoms with Gasteiger partial charge in [-0.15, -0.1) is 22.9 Å². The van der Waals surface area contributed by atoms with Gasteiger partial charge in [-0.3, -0.25) is 4.79 Å². The molecule has 0 saturated heterocycles. The summed E-state index contributed by atoms with van der Waals surface area (Å²) in [5.41, 5.74) is 3.06. The van der Waals surface area contributed by atoms with Crippen LogP contribution in [-0.4, -0.2) is 17.4 Å². The third-order valence-corrected chi connectivity index (χ3v) is 5.38. The fourth-order valence-corrected chi connectivity index (χ4v) is 4.13. The Bertz CT molecular complexity index is 652. The Labute approximate surface area is 134 Å². The van der Waals surface area contributed by atoms with Gasteiger partial charge in [0.25, 0.3) is 5.91 Å². The summed E-state index contributed by atoms with van der Waals surface area (Å²) < 4.78 is 0. The molecule has 0 fully saturated rings. The average molecular weight is 320 g/mol. The van der Waals surface area contributed by atoms with Crippen LogP contribution in [0.25, 0.3) is 0 Å². The Hall–Kier alpha value is -1.32. The number of hydrogen-bond donors (Lipinski definition) is 0. The highest BCUT2D eigenvalue weighted by atomic mass is 35.5. The zero-order valence-electron chi connectivity index (χ0n) is 12.0. The first-order chi connectivity index (χ1) is 10.2. The van der Waals surface area contributed by atoms with Gasteiger partial charge in [-0.25, -0.2) is 0 Å². The van der Waals surface area contributed by atoms with Crippen molar-refractivity contribution in [1.29, 1.82) is 0 Å². The van der Waals surface area contributed by atoms with E-state index in [-0.39, 0.29) is 11.9 Å². The maximum atomic E-state index is 12.9. The molecule has 3 rings (SSSR count). The second kappa shape index (κ2) is 6.20. The van der Waals surface area contributed by atoms with Crippen molar-refractivity contribution in [3.05, 3.63) is 57.3 Å². The van der Waals surface area contributed by atoms with Crippen LogP contribution in [0.5, 0.6) is 0 Å². The van der Waals surface area contributed by atoms with Gasteiger partial charge >= 0.3 is 0 Å². The van der Waals surface area contributed by atoms with E-state index >= 15 is 0 Å². The van der Waals surface area contributed by atoms with Gasteiger partial charge in [-0.2, -0.15) is 0 Å². The first-order valence-electron chi connectivity index (χ1n) is 7.26. The van der Waals surface area contributed by atoms with Crippen LogP contribution in [0.3, 0.4) is 0 Å². The number of carbonyl (C=O) groups excluding carboxylic acids is 1. The summed E-state index contributed by atoms with van der Waals surface area (Å²) >= 11 is 7.68. The van der Waals surface area contributed by atoms with E-state index < -0.39 is 0 Å². The smallest absolute Gasteiger partial charge is 0.254 e. The van der Waals surface area contributed by atoms with Gasteiger partial charge in [0.2, 0.25) is 0 Å². The minimum absolute atomic E-state index is 0.116. The summed E-state index contributed by atoms with van der Waals surface area (Å²) in [6.07, 6.45) is 1.91. The van der Waals surface area contributed by atoms with E-state index in [1.807, 2.05) is 29.2 Å². The van der Waals surface area contributed by atoms with E-state index in [0.717, 1.165) is 30.5 Å². The van der Waals surface area contributed by atoms with Crippen molar-refractivity contribution in [3.8, 4) is 0 Å². The van der Waals surface area contributed by atoms with Crippen LogP contribution in [0.1, 0.15) is 45.7 Å². The van der Waals surface area contributed by atoms with Crippen molar-refractivity contribution in [2.24, 2.45) is 0 Å². The van der Waals surface area contributed by atoms with E-state index in [4.69, 9.17) is 11.6 Å². The van der Waals surface area contributed by atoms with Gasteiger partial charge in [-0.05, 0) is 47.5 Å². The van der Waals surface area contributed by atoms with E-state index in [0.29, 0.717) is 5.88 Å². The van der Waals surface area contributed by atoms with E-state index in [1.165, 1.54) is 10.4 Å². The molecule has 2 aromatic rings. The van der Waals surface area contributed by atoms with Crippen LogP contribution in [0.2, 0.25) is 0 Å². The molecule has 1 aromatic carbocycles. The van der Waals surface area contributed by atoms with Gasteiger partial charge in [0.15, 0.2) is 0 Å². The molecule has 0 spiro atoms. The summed E-state index contributed by atoms with van der Waals surface area (Å²) in [6, 6.07) is 10.0. The molecular weight excluding hydrogens is 302 g/mol. The molecule has 21 heavy (non-hydrogen) atoms. The lowest BCUT2D eigenvalue weighted by molar-refractivity contribution is 0.0657. The zero-order valence-corrected chi connectivity index (χ0v) is 13.6. The van der Waals surface area contributed by atoms with Gasteiger partial charge in [0.1, 0.15) is 0 Å². The quantitative estimate of drug-likeness (QED) is 0.755. The highest BCUT2D eigenvalue weighted by Gasteiger charge is 2.30. The zero-order chi connectivity index (χ0) is 14.8. The van der Waals surface area contributed by atoms with E-state index in [2.05, 4.69) is 18.4 Å². The van der Waals surface area contributed by atoms with Crippen LogP contribution < -0.4 is 0 Å². The molecular formula is C17H18ClNOS. The molecule has 1 aromatic heterocycles. The van der Waals surface area contributed by atoms with Crippen LogP contribution >= 0.6 is 22.9 Å². The molecule has 0 bridgehead atoms. The molecule has 0 radical (unpaired) electrons. The molecule has 0 saturated carbocycles. The minimum atomic E-state index is 0.116. The predicted octanol–water partition coefficient (Wildman–Crippen LogP) is 4.64. The van der Waals surface area contributed by atoms with Crippen LogP contribution in [0, 0.1) is 0 Å². The van der Waals surface area contributed by atoms with Crippen molar-refractivity contribution in [2.45, 2.75) is 31.7 Å². The van der Waals surface area contributed by atoms with E-state index in [1.54, 1.807) is 11.3 Å². The van der Waals surface area contributed by atoms with Gasteiger partial charge in [0.05, 0.1) is 6.04 Å². The second-order valence-electron chi connectivity index (χ2n) is 5.31. The highest BCUT2D eigenvalue weighted by Crippen LogP contribution is 2.36. The Morgan fingerprint density at radius 1 is 1.43 bits per heavy atom. The number of thiophene rings is 1. The number of alkyl halides is 1. The Kier molecular flexibility index (Phi) is 4.32. The molecule has 2 heterocycles. The Balaban J connectivity index is 1.90. The molecule has 0 aliphatic carbocycles. The minimum Gasteiger partial charge on any atom is -0.331 e. The average Bonchev–Trinajstić information content (AvgIpc) is 3.01. The van der Waals surface area contributed by atoms with Crippen LogP contribution in [0.4, 0.5) is 0 Å². The largest absolute Gasteiger partial charge is 0.331 e. The molecule has 1 atom stereocenters. The number of benzene rings is 1. The lowest BCUT2D eigenvalue weighted by Gasteiger charge is -2.35. The normalized spacial score (nSPS) is 17.6. The summed E-state index contributed by atoms with van der Waals surface area (Å²) in [4.78, 5) is 16.3. The molecule has 4 heteroatoms. The third-order valence-electron chi connectivity index (χ3n) is 4.07. The molecule has 1 aliphatic rings. The highest BCUT2D eigenvalue weighted by molar-refractivity contribution is 7.10. The fraction of sp³-hybridized carbons (Fsp3) is 0.353. The molecule has 2 nitrogen and oxygen atoms in total. The number of carbonyl (C=O) groups is 1.